The van der Waals surface area contributed by atoms with Crippen LogP contribution >= 0.6 is 11.3 Å². The number of amides is 1. The molecule has 0 unspecified atom stereocenters. The molecule has 0 aliphatic rings. The molecular weight excluding hydrogens is 288 g/mol. The summed E-state index contributed by atoms with van der Waals surface area (Å²) in [5.74, 6) is -0.453. The zero-order chi connectivity index (χ0) is 15.8. The smallest absolute Gasteiger partial charge is 0.341 e. The van der Waals surface area contributed by atoms with Crippen LogP contribution in [0.2, 0.25) is 0 Å². The number of aryl methyl sites for hydroxylation is 1. The van der Waals surface area contributed by atoms with Gasteiger partial charge in [0.25, 0.3) is 0 Å². The maximum absolute atomic E-state index is 12.1. The molecule has 1 aromatic rings. The Bertz CT molecular complexity index is 497. The molecule has 0 bridgehead atoms. The van der Waals surface area contributed by atoms with E-state index in [2.05, 4.69) is 10.6 Å². The van der Waals surface area contributed by atoms with Crippen LogP contribution in [0.4, 0.5) is 5.00 Å². The van der Waals surface area contributed by atoms with E-state index in [9.17, 15) is 9.59 Å². The van der Waals surface area contributed by atoms with Gasteiger partial charge in [-0.2, -0.15) is 0 Å². The molecule has 0 aliphatic heterocycles. The van der Waals surface area contributed by atoms with Crippen molar-refractivity contribution in [2.24, 2.45) is 0 Å². The largest absolute Gasteiger partial charge is 0.462 e. The van der Waals surface area contributed by atoms with Crippen molar-refractivity contribution in [3.8, 4) is 0 Å². The minimum atomic E-state index is -0.360. The molecule has 2 N–H and O–H groups in total. The van der Waals surface area contributed by atoms with Crippen molar-refractivity contribution in [2.75, 3.05) is 25.0 Å². The van der Waals surface area contributed by atoms with Crippen LogP contribution < -0.4 is 10.6 Å². The molecule has 0 atom stereocenters. The predicted octanol–water partition coefficient (Wildman–Crippen LogP) is 2.73. The first-order chi connectivity index (χ1) is 10.0. The number of anilines is 1. The van der Waals surface area contributed by atoms with Crippen LogP contribution in [-0.2, 0) is 16.0 Å². The van der Waals surface area contributed by atoms with E-state index in [1.807, 2.05) is 20.8 Å². The summed E-state index contributed by atoms with van der Waals surface area (Å²) < 4.78 is 5.11. The Labute approximate surface area is 130 Å². The summed E-state index contributed by atoms with van der Waals surface area (Å²) in [6, 6.07) is 0. The van der Waals surface area contributed by atoms with Gasteiger partial charge in [0, 0.05) is 17.8 Å². The average molecular weight is 312 g/mol. The van der Waals surface area contributed by atoms with Crippen molar-refractivity contribution in [1.82, 2.24) is 5.32 Å². The number of nitrogens with one attached hydrogen (secondary N) is 2. The zero-order valence-electron chi connectivity index (χ0n) is 13.2. The molecule has 6 heteroatoms. The molecule has 0 radical (unpaired) electrons. The molecule has 0 saturated heterocycles. The molecule has 0 aromatic carbocycles. The highest BCUT2D eigenvalue weighted by Gasteiger charge is 2.23. The minimum Gasteiger partial charge on any atom is -0.462 e. The SMILES string of the molecule is CCNCCC(=O)Nc1sc(C)c(CC)c1C(=O)OCC. The predicted molar refractivity (Wildman–Crippen MR) is 86.2 cm³/mol. The van der Waals surface area contributed by atoms with Gasteiger partial charge < -0.3 is 15.4 Å². The molecule has 0 spiro atoms. The second-order valence-corrected chi connectivity index (χ2v) is 5.79. The third-order valence-corrected chi connectivity index (χ3v) is 4.14. The van der Waals surface area contributed by atoms with Gasteiger partial charge in [-0.3, -0.25) is 4.79 Å². The third kappa shape index (κ3) is 4.82. The van der Waals surface area contributed by atoms with E-state index in [4.69, 9.17) is 4.74 Å². The average Bonchev–Trinajstić information content (AvgIpc) is 2.74. The molecule has 21 heavy (non-hydrogen) atoms. The van der Waals surface area contributed by atoms with Gasteiger partial charge in [-0.1, -0.05) is 13.8 Å². The van der Waals surface area contributed by atoms with Gasteiger partial charge >= 0.3 is 5.97 Å². The first-order valence-electron chi connectivity index (χ1n) is 7.34. The Morgan fingerprint density at radius 1 is 1.24 bits per heavy atom. The van der Waals surface area contributed by atoms with Crippen LogP contribution in [-0.4, -0.2) is 31.6 Å². The lowest BCUT2D eigenvalue weighted by atomic mass is 10.1. The fraction of sp³-hybridized carbons (Fsp3) is 0.600. The summed E-state index contributed by atoms with van der Waals surface area (Å²) in [6.07, 6.45) is 1.12. The van der Waals surface area contributed by atoms with Crippen LogP contribution in [0.1, 0.15) is 48.0 Å². The maximum Gasteiger partial charge on any atom is 0.341 e. The summed E-state index contributed by atoms with van der Waals surface area (Å²) in [5, 5.41) is 6.55. The van der Waals surface area contributed by atoms with Gasteiger partial charge in [-0.15, -0.1) is 11.3 Å². The molecule has 1 heterocycles. The third-order valence-electron chi connectivity index (χ3n) is 3.07. The fourth-order valence-electron chi connectivity index (χ4n) is 2.08. The van der Waals surface area contributed by atoms with Crippen LogP contribution in [0.5, 0.6) is 0 Å². The summed E-state index contributed by atoms with van der Waals surface area (Å²) in [5.41, 5.74) is 1.47. The van der Waals surface area contributed by atoms with Crippen LogP contribution in [0.15, 0.2) is 0 Å². The van der Waals surface area contributed by atoms with Crippen molar-refractivity contribution in [3.63, 3.8) is 0 Å². The zero-order valence-corrected chi connectivity index (χ0v) is 14.0. The Morgan fingerprint density at radius 3 is 2.52 bits per heavy atom. The van der Waals surface area contributed by atoms with Gasteiger partial charge in [0.1, 0.15) is 5.00 Å². The van der Waals surface area contributed by atoms with Crippen LogP contribution in [0, 0.1) is 6.92 Å². The Balaban J connectivity index is 2.90. The van der Waals surface area contributed by atoms with Crippen molar-refractivity contribution < 1.29 is 14.3 Å². The number of thiophene rings is 1. The fourth-order valence-corrected chi connectivity index (χ4v) is 3.23. The normalized spacial score (nSPS) is 10.5. The molecule has 118 valence electrons. The summed E-state index contributed by atoms with van der Waals surface area (Å²) in [6.45, 7) is 9.51. The lowest BCUT2D eigenvalue weighted by Crippen LogP contribution is -2.22. The first-order valence-corrected chi connectivity index (χ1v) is 8.16. The van der Waals surface area contributed by atoms with E-state index in [-0.39, 0.29) is 11.9 Å². The van der Waals surface area contributed by atoms with Gasteiger partial charge in [0.15, 0.2) is 0 Å². The van der Waals surface area contributed by atoms with E-state index in [1.165, 1.54) is 11.3 Å². The number of hydrogen-bond donors (Lipinski definition) is 2. The lowest BCUT2D eigenvalue weighted by Gasteiger charge is -2.08. The summed E-state index contributed by atoms with van der Waals surface area (Å²) >= 11 is 1.43. The van der Waals surface area contributed by atoms with Gasteiger partial charge in [-0.25, -0.2) is 4.79 Å². The quantitative estimate of drug-likeness (QED) is 0.572. The van der Waals surface area contributed by atoms with E-state index >= 15 is 0 Å². The maximum atomic E-state index is 12.1. The van der Waals surface area contributed by atoms with Gasteiger partial charge in [0.05, 0.1) is 12.2 Å². The second-order valence-electron chi connectivity index (χ2n) is 4.57. The number of hydrogen-bond acceptors (Lipinski definition) is 5. The van der Waals surface area contributed by atoms with Crippen molar-refractivity contribution in [2.45, 2.75) is 40.5 Å². The number of carbonyl (C=O) groups excluding carboxylic acids is 2. The van der Waals surface area contributed by atoms with Crippen LogP contribution in [0.25, 0.3) is 0 Å². The van der Waals surface area contributed by atoms with Crippen molar-refractivity contribution in [3.05, 3.63) is 16.0 Å². The van der Waals surface area contributed by atoms with Crippen molar-refractivity contribution >= 4 is 28.2 Å². The molecule has 0 aliphatic carbocycles. The number of ether oxygens (including phenoxy) is 1. The molecule has 1 aromatic heterocycles. The van der Waals surface area contributed by atoms with Crippen LogP contribution in [0.3, 0.4) is 0 Å². The van der Waals surface area contributed by atoms with E-state index < -0.39 is 0 Å². The van der Waals surface area contributed by atoms with E-state index in [1.54, 1.807) is 6.92 Å². The standard InChI is InChI=1S/C15H24N2O3S/c1-5-11-10(4)21-14(13(11)15(19)20-7-3)17-12(18)8-9-16-6-2/h16H,5-9H2,1-4H3,(H,17,18). The Hall–Kier alpha value is -1.40. The molecule has 1 amide bonds. The molecule has 5 nitrogen and oxygen atoms in total. The molecular formula is C15H24N2O3S. The Morgan fingerprint density at radius 2 is 1.95 bits per heavy atom. The summed E-state index contributed by atoms with van der Waals surface area (Å²) in [7, 11) is 0. The summed E-state index contributed by atoms with van der Waals surface area (Å²) in [4.78, 5) is 25.1. The highest BCUT2D eigenvalue weighted by atomic mass is 32.1. The van der Waals surface area contributed by atoms with Gasteiger partial charge in [-0.05, 0) is 32.4 Å². The van der Waals surface area contributed by atoms with E-state index in [0.29, 0.717) is 30.1 Å². The second kappa shape index (κ2) is 8.79. The molecule has 0 saturated carbocycles. The Kier molecular flexibility index (Phi) is 7.39. The topological polar surface area (TPSA) is 67.4 Å². The molecule has 1 rings (SSSR count). The number of rotatable bonds is 8. The van der Waals surface area contributed by atoms with E-state index in [0.717, 1.165) is 23.4 Å². The lowest BCUT2D eigenvalue weighted by molar-refractivity contribution is -0.116. The molecule has 0 fully saturated rings. The van der Waals surface area contributed by atoms with Gasteiger partial charge in [0.2, 0.25) is 5.91 Å². The number of carbonyl (C=O) groups is 2. The van der Waals surface area contributed by atoms with Crippen molar-refractivity contribution in [1.29, 1.82) is 0 Å². The monoisotopic (exact) mass is 312 g/mol. The minimum absolute atomic E-state index is 0.0922. The first kappa shape index (κ1) is 17.7. The number of esters is 1. The highest BCUT2D eigenvalue weighted by Crippen LogP contribution is 2.34. The highest BCUT2D eigenvalue weighted by molar-refractivity contribution is 7.16.